The van der Waals surface area contributed by atoms with Crippen LogP contribution >= 0.6 is 0 Å². The van der Waals surface area contributed by atoms with Crippen LogP contribution in [0.2, 0.25) is 0 Å². The molecule has 4 rings (SSSR count). The van der Waals surface area contributed by atoms with Gasteiger partial charge >= 0.3 is 11.9 Å². The van der Waals surface area contributed by atoms with Gasteiger partial charge in [0.15, 0.2) is 0 Å². The molecular weight excluding hydrogens is 438 g/mol. The van der Waals surface area contributed by atoms with E-state index in [1.165, 1.54) is 12.8 Å². The van der Waals surface area contributed by atoms with Crippen molar-refractivity contribution < 1.29 is 24.6 Å². The topological polar surface area (TPSA) is 129 Å². The highest BCUT2D eigenvalue weighted by Gasteiger charge is 2.39. The van der Waals surface area contributed by atoms with Crippen LogP contribution in [0.1, 0.15) is 55.9 Å². The van der Waals surface area contributed by atoms with Crippen LogP contribution in [-0.2, 0) is 9.59 Å². The van der Waals surface area contributed by atoms with E-state index in [-0.39, 0.29) is 29.1 Å². The molecule has 2 saturated heterocycles. The Morgan fingerprint density at radius 3 is 2.12 bits per heavy atom. The van der Waals surface area contributed by atoms with Gasteiger partial charge in [0.2, 0.25) is 0 Å². The van der Waals surface area contributed by atoms with Crippen LogP contribution in [-0.4, -0.2) is 62.7 Å². The predicted octanol–water partition coefficient (Wildman–Crippen LogP) is 2.65. The minimum atomic E-state index is -1.26. The highest BCUT2D eigenvalue weighted by molar-refractivity contribution is 5.97. The Bertz CT molecular complexity index is 1140. The highest BCUT2D eigenvalue weighted by atomic mass is 16.4. The number of pyridine rings is 1. The SMILES string of the molecule is CC(C)n1c(=O)c(C(=O)NC2CC3CCC(C2)N3C)cc2ccccc21.O=C(O)/C=C\C(=O)O. The lowest BCUT2D eigenvalue weighted by molar-refractivity contribution is -0.134. The van der Waals surface area contributed by atoms with Crippen LogP contribution in [0.4, 0.5) is 0 Å². The Labute approximate surface area is 197 Å². The molecule has 1 amide bonds. The normalized spacial score (nSPS) is 21.9. The van der Waals surface area contributed by atoms with Crippen molar-refractivity contribution in [3.8, 4) is 0 Å². The van der Waals surface area contributed by atoms with Gasteiger partial charge < -0.3 is 25.0 Å². The van der Waals surface area contributed by atoms with Gasteiger partial charge in [-0.2, -0.15) is 0 Å². The zero-order chi connectivity index (χ0) is 25.0. The highest BCUT2D eigenvalue weighted by Crippen LogP contribution is 2.34. The molecule has 9 heteroatoms. The lowest BCUT2D eigenvalue weighted by atomic mass is 9.97. The molecule has 2 fully saturated rings. The van der Waals surface area contributed by atoms with Gasteiger partial charge in [-0.25, -0.2) is 9.59 Å². The molecule has 182 valence electrons. The predicted molar refractivity (Wildman–Crippen MR) is 128 cm³/mol. The molecule has 3 N–H and O–H groups in total. The first kappa shape index (κ1) is 25.2. The first-order valence-electron chi connectivity index (χ1n) is 11.4. The number of aliphatic carboxylic acids is 2. The van der Waals surface area contributed by atoms with Crippen LogP contribution in [0.5, 0.6) is 0 Å². The van der Waals surface area contributed by atoms with Crippen molar-refractivity contribution in [1.29, 1.82) is 0 Å². The largest absolute Gasteiger partial charge is 0.478 e. The second kappa shape index (κ2) is 10.6. The number of fused-ring (bicyclic) bond motifs is 3. The van der Waals surface area contributed by atoms with Crippen LogP contribution < -0.4 is 10.9 Å². The van der Waals surface area contributed by atoms with E-state index in [1.807, 2.05) is 38.1 Å². The summed E-state index contributed by atoms with van der Waals surface area (Å²) in [6.45, 7) is 3.95. The Morgan fingerprint density at radius 1 is 1.03 bits per heavy atom. The number of para-hydroxylation sites is 1. The summed E-state index contributed by atoms with van der Waals surface area (Å²) in [6, 6.07) is 10.8. The summed E-state index contributed by atoms with van der Waals surface area (Å²) in [4.78, 5) is 47.5. The molecule has 1 aromatic carbocycles. The molecule has 2 aliphatic heterocycles. The second-order valence-corrected chi connectivity index (χ2v) is 9.09. The van der Waals surface area contributed by atoms with E-state index >= 15 is 0 Å². The standard InChI is InChI=1S/C21H27N3O2.C4H4O4/c1-13(2)24-19-7-5-4-6-14(19)10-18(21(24)26)20(25)22-15-11-16-8-9-17(12-15)23(16)3;5-3(6)1-2-4(7)8/h4-7,10,13,15-17H,8-9,11-12H2,1-3H3,(H,22,25);1-2H,(H,5,6)(H,7,8)/b;2-1-. The van der Waals surface area contributed by atoms with E-state index in [9.17, 15) is 19.2 Å². The van der Waals surface area contributed by atoms with Crippen molar-refractivity contribution in [1.82, 2.24) is 14.8 Å². The third-order valence-corrected chi connectivity index (χ3v) is 6.51. The van der Waals surface area contributed by atoms with E-state index in [4.69, 9.17) is 10.2 Å². The van der Waals surface area contributed by atoms with E-state index in [2.05, 4.69) is 17.3 Å². The maximum Gasteiger partial charge on any atom is 0.328 e. The number of piperidine rings is 1. The van der Waals surface area contributed by atoms with Crippen molar-refractivity contribution in [2.45, 2.75) is 63.7 Å². The first-order valence-corrected chi connectivity index (χ1v) is 11.4. The summed E-state index contributed by atoms with van der Waals surface area (Å²) in [5.74, 6) is -2.75. The van der Waals surface area contributed by atoms with E-state index in [0.717, 1.165) is 23.7 Å². The monoisotopic (exact) mass is 469 g/mol. The van der Waals surface area contributed by atoms with E-state index < -0.39 is 11.9 Å². The zero-order valence-corrected chi connectivity index (χ0v) is 19.6. The molecule has 0 spiro atoms. The number of hydrogen-bond acceptors (Lipinski definition) is 5. The summed E-state index contributed by atoms with van der Waals surface area (Å²) in [6.07, 6.45) is 5.49. The van der Waals surface area contributed by atoms with Gasteiger partial charge in [-0.05, 0) is 64.1 Å². The maximum absolute atomic E-state index is 13.0. The van der Waals surface area contributed by atoms with Gasteiger partial charge in [0.05, 0.1) is 5.52 Å². The van der Waals surface area contributed by atoms with Gasteiger partial charge in [-0.3, -0.25) is 9.59 Å². The van der Waals surface area contributed by atoms with Crippen LogP contribution in [0.3, 0.4) is 0 Å². The van der Waals surface area contributed by atoms with Crippen LogP contribution in [0.25, 0.3) is 10.9 Å². The van der Waals surface area contributed by atoms with E-state index in [1.54, 1.807) is 10.6 Å². The van der Waals surface area contributed by atoms with Crippen molar-refractivity contribution in [2.75, 3.05) is 7.05 Å². The molecule has 2 atom stereocenters. The zero-order valence-electron chi connectivity index (χ0n) is 19.6. The lowest BCUT2D eigenvalue weighted by Gasteiger charge is -2.36. The molecule has 0 aliphatic carbocycles. The van der Waals surface area contributed by atoms with Gasteiger partial charge in [0.25, 0.3) is 11.5 Å². The summed E-state index contributed by atoms with van der Waals surface area (Å²) < 4.78 is 1.72. The third-order valence-electron chi connectivity index (χ3n) is 6.51. The third kappa shape index (κ3) is 5.72. The number of aromatic nitrogens is 1. The fourth-order valence-electron chi connectivity index (χ4n) is 4.90. The molecular formula is C25H31N3O6. The molecule has 9 nitrogen and oxygen atoms in total. The minimum absolute atomic E-state index is 0.000625. The molecule has 0 radical (unpaired) electrons. The lowest BCUT2D eigenvalue weighted by Crippen LogP contribution is -2.49. The molecule has 2 aromatic rings. The Morgan fingerprint density at radius 2 is 1.59 bits per heavy atom. The summed E-state index contributed by atoms with van der Waals surface area (Å²) >= 11 is 0. The number of benzene rings is 1. The Kier molecular flexibility index (Phi) is 7.88. The van der Waals surface area contributed by atoms with Gasteiger partial charge in [0.1, 0.15) is 5.56 Å². The summed E-state index contributed by atoms with van der Waals surface area (Å²) in [7, 11) is 2.19. The van der Waals surface area contributed by atoms with Crippen molar-refractivity contribution in [2.24, 2.45) is 0 Å². The fraction of sp³-hybridized carbons (Fsp3) is 0.440. The quantitative estimate of drug-likeness (QED) is 0.574. The summed E-state index contributed by atoms with van der Waals surface area (Å²) in [5.41, 5.74) is 0.928. The molecule has 34 heavy (non-hydrogen) atoms. The minimum Gasteiger partial charge on any atom is -0.478 e. The van der Waals surface area contributed by atoms with Gasteiger partial charge in [-0.1, -0.05) is 18.2 Å². The smallest absolute Gasteiger partial charge is 0.328 e. The van der Waals surface area contributed by atoms with Crippen molar-refractivity contribution in [3.05, 3.63) is 58.4 Å². The van der Waals surface area contributed by atoms with E-state index in [0.29, 0.717) is 24.2 Å². The number of carboxylic acids is 2. The molecule has 3 heterocycles. The molecule has 2 unspecified atom stereocenters. The molecule has 0 saturated carbocycles. The fourth-order valence-corrected chi connectivity index (χ4v) is 4.90. The maximum atomic E-state index is 13.0. The van der Waals surface area contributed by atoms with Crippen molar-refractivity contribution in [3.63, 3.8) is 0 Å². The average molecular weight is 470 g/mol. The molecule has 2 bridgehead atoms. The first-order chi connectivity index (χ1) is 16.1. The van der Waals surface area contributed by atoms with Crippen molar-refractivity contribution >= 4 is 28.7 Å². The number of amides is 1. The number of rotatable bonds is 5. The van der Waals surface area contributed by atoms with Crippen LogP contribution in [0.15, 0.2) is 47.3 Å². The number of nitrogens with zero attached hydrogens (tertiary/aromatic N) is 2. The molecule has 1 aromatic heterocycles. The van der Waals surface area contributed by atoms with Crippen LogP contribution in [0, 0.1) is 0 Å². The number of carboxylic acid groups (broad SMARTS) is 2. The molecule has 2 aliphatic rings. The summed E-state index contributed by atoms with van der Waals surface area (Å²) in [5, 5.41) is 19.7. The second-order valence-electron chi connectivity index (χ2n) is 9.09. The Hall–Kier alpha value is -3.46. The van der Waals surface area contributed by atoms with Gasteiger partial charge in [0, 0.05) is 36.3 Å². The van der Waals surface area contributed by atoms with Gasteiger partial charge in [-0.15, -0.1) is 0 Å². The number of hydrogen-bond donors (Lipinski definition) is 3. The number of carbonyl (C=O) groups excluding carboxylic acids is 1. The average Bonchev–Trinajstić information content (AvgIpc) is 2.97. The Balaban J connectivity index is 0.000000350. The number of nitrogens with one attached hydrogen (secondary N) is 1. The number of carbonyl (C=O) groups is 3.